The number of alkyl halides is 1. The molecule has 0 saturated carbocycles. The third-order valence-electron chi connectivity index (χ3n) is 2.47. The first-order valence-electron chi connectivity index (χ1n) is 5.72. The molecule has 0 spiro atoms. The Hall–Kier alpha value is -0.670. The average molecular weight is 272 g/mol. The predicted octanol–water partition coefficient (Wildman–Crippen LogP) is 3.50. The van der Waals surface area contributed by atoms with E-state index in [9.17, 15) is 4.79 Å². The van der Waals surface area contributed by atoms with Crippen molar-refractivity contribution in [3.8, 4) is 0 Å². The third kappa shape index (κ3) is 4.25. The van der Waals surface area contributed by atoms with Gasteiger partial charge >= 0.3 is 0 Å². The van der Waals surface area contributed by atoms with Gasteiger partial charge in [0.15, 0.2) is 0 Å². The van der Waals surface area contributed by atoms with Crippen molar-refractivity contribution in [3.63, 3.8) is 0 Å². The number of hydrogen-bond donors (Lipinski definition) is 0. The van der Waals surface area contributed by atoms with Crippen molar-refractivity contribution in [2.75, 3.05) is 25.2 Å². The first kappa shape index (κ1) is 14.4. The highest BCUT2D eigenvalue weighted by Crippen LogP contribution is 2.16. The van der Waals surface area contributed by atoms with Crippen LogP contribution >= 0.6 is 23.4 Å². The maximum absolute atomic E-state index is 12.2. The Balaban J connectivity index is 2.77. The molecular weight excluding hydrogens is 254 g/mol. The van der Waals surface area contributed by atoms with Crippen LogP contribution in [0.5, 0.6) is 0 Å². The van der Waals surface area contributed by atoms with Gasteiger partial charge in [-0.05, 0) is 36.9 Å². The van der Waals surface area contributed by atoms with E-state index in [0.29, 0.717) is 12.4 Å². The van der Waals surface area contributed by atoms with Crippen molar-refractivity contribution in [1.29, 1.82) is 0 Å². The van der Waals surface area contributed by atoms with Crippen LogP contribution in [0.25, 0.3) is 0 Å². The number of amides is 1. The second-order valence-electron chi connectivity index (χ2n) is 3.71. The van der Waals surface area contributed by atoms with Crippen molar-refractivity contribution in [1.82, 2.24) is 4.90 Å². The lowest BCUT2D eigenvalue weighted by Crippen LogP contribution is -2.33. The summed E-state index contributed by atoms with van der Waals surface area (Å²) in [6.45, 7) is 3.43. The van der Waals surface area contributed by atoms with E-state index in [1.54, 1.807) is 16.7 Å². The maximum atomic E-state index is 12.2. The first-order valence-corrected chi connectivity index (χ1v) is 7.48. The molecule has 0 aliphatic rings. The molecule has 0 unspecified atom stereocenters. The summed E-state index contributed by atoms with van der Waals surface area (Å²) in [4.78, 5) is 15.2. The highest BCUT2D eigenvalue weighted by molar-refractivity contribution is 7.98. The Morgan fingerprint density at radius 1 is 1.29 bits per heavy atom. The molecule has 1 aromatic carbocycles. The van der Waals surface area contributed by atoms with Crippen LogP contribution in [0.3, 0.4) is 0 Å². The zero-order valence-corrected chi connectivity index (χ0v) is 11.9. The van der Waals surface area contributed by atoms with Crippen LogP contribution in [-0.4, -0.2) is 36.0 Å². The molecule has 2 nitrogen and oxygen atoms in total. The van der Waals surface area contributed by atoms with Gasteiger partial charge in [-0.2, -0.15) is 0 Å². The summed E-state index contributed by atoms with van der Waals surface area (Å²) in [5, 5.41) is 0. The smallest absolute Gasteiger partial charge is 0.253 e. The molecule has 17 heavy (non-hydrogen) atoms. The third-order valence-corrected chi connectivity index (χ3v) is 3.38. The maximum Gasteiger partial charge on any atom is 0.253 e. The summed E-state index contributed by atoms with van der Waals surface area (Å²) >= 11 is 7.39. The number of carbonyl (C=O) groups is 1. The van der Waals surface area contributed by atoms with E-state index in [2.05, 4.69) is 6.92 Å². The molecule has 0 fully saturated rings. The molecule has 4 heteroatoms. The van der Waals surface area contributed by atoms with Crippen molar-refractivity contribution in [3.05, 3.63) is 29.8 Å². The topological polar surface area (TPSA) is 20.3 Å². The largest absolute Gasteiger partial charge is 0.337 e. The predicted molar refractivity (Wildman–Crippen MR) is 75.1 cm³/mol. The molecule has 0 aliphatic carbocycles. The fourth-order valence-corrected chi connectivity index (χ4v) is 2.22. The minimum Gasteiger partial charge on any atom is -0.337 e. The van der Waals surface area contributed by atoms with Gasteiger partial charge in [0, 0.05) is 29.4 Å². The number of halogens is 1. The van der Waals surface area contributed by atoms with Gasteiger partial charge in [0.05, 0.1) is 0 Å². The number of nitrogens with zero attached hydrogens (tertiary/aromatic N) is 1. The molecule has 1 amide bonds. The highest BCUT2D eigenvalue weighted by atomic mass is 35.5. The molecular formula is C13H18ClNOS. The normalized spacial score (nSPS) is 10.3. The van der Waals surface area contributed by atoms with Gasteiger partial charge in [0.2, 0.25) is 0 Å². The lowest BCUT2D eigenvalue weighted by molar-refractivity contribution is 0.0765. The van der Waals surface area contributed by atoms with E-state index < -0.39 is 0 Å². The van der Waals surface area contributed by atoms with E-state index in [4.69, 9.17) is 11.6 Å². The Bertz CT molecular complexity index is 347. The fraction of sp³-hybridized carbons (Fsp3) is 0.462. The Kier molecular flexibility index (Phi) is 6.45. The van der Waals surface area contributed by atoms with Gasteiger partial charge in [0.25, 0.3) is 5.91 Å². The summed E-state index contributed by atoms with van der Waals surface area (Å²) in [6, 6.07) is 7.71. The number of hydrogen-bond acceptors (Lipinski definition) is 2. The van der Waals surface area contributed by atoms with Crippen LogP contribution in [0.15, 0.2) is 29.2 Å². The van der Waals surface area contributed by atoms with Gasteiger partial charge in [0.1, 0.15) is 0 Å². The van der Waals surface area contributed by atoms with Gasteiger partial charge in [-0.3, -0.25) is 4.79 Å². The Morgan fingerprint density at radius 2 is 1.94 bits per heavy atom. The van der Waals surface area contributed by atoms with E-state index in [-0.39, 0.29) is 5.91 Å². The first-order chi connectivity index (χ1) is 8.22. The Labute approximate surface area is 112 Å². The number of carbonyl (C=O) groups excluding carboxylic acids is 1. The monoisotopic (exact) mass is 271 g/mol. The number of thioether (sulfide) groups is 1. The lowest BCUT2D eigenvalue weighted by atomic mass is 10.2. The summed E-state index contributed by atoms with van der Waals surface area (Å²) in [5.41, 5.74) is 0.737. The molecule has 94 valence electrons. The van der Waals surface area contributed by atoms with Crippen LogP contribution in [0.2, 0.25) is 0 Å². The van der Waals surface area contributed by atoms with Crippen LogP contribution < -0.4 is 0 Å². The average Bonchev–Trinajstić information content (AvgIpc) is 2.38. The van der Waals surface area contributed by atoms with Crippen LogP contribution in [0.4, 0.5) is 0 Å². The van der Waals surface area contributed by atoms with E-state index in [1.165, 1.54) is 4.90 Å². The Morgan fingerprint density at radius 3 is 2.41 bits per heavy atom. The fourth-order valence-electron chi connectivity index (χ4n) is 1.60. The van der Waals surface area contributed by atoms with E-state index in [1.807, 2.05) is 30.5 Å². The van der Waals surface area contributed by atoms with Crippen LogP contribution in [0, 0.1) is 0 Å². The molecule has 0 aromatic heterocycles. The number of rotatable bonds is 6. The molecule has 1 rings (SSSR count). The van der Waals surface area contributed by atoms with Gasteiger partial charge in [-0.1, -0.05) is 6.92 Å². The van der Waals surface area contributed by atoms with Gasteiger partial charge < -0.3 is 4.90 Å². The zero-order chi connectivity index (χ0) is 12.7. The summed E-state index contributed by atoms with van der Waals surface area (Å²) in [7, 11) is 0. The molecule has 0 atom stereocenters. The minimum atomic E-state index is 0.0696. The second kappa shape index (κ2) is 7.62. The zero-order valence-electron chi connectivity index (χ0n) is 10.3. The standard InChI is InChI=1S/C13H18ClNOS/c1-3-9-15(10-8-14)13(16)11-4-6-12(17-2)7-5-11/h4-7H,3,8-10H2,1-2H3. The molecule has 1 aromatic rings. The summed E-state index contributed by atoms with van der Waals surface area (Å²) in [5.74, 6) is 0.550. The summed E-state index contributed by atoms with van der Waals surface area (Å²) < 4.78 is 0. The number of benzene rings is 1. The second-order valence-corrected chi connectivity index (χ2v) is 4.97. The van der Waals surface area contributed by atoms with Crippen molar-refractivity contribution in [2.45, 2.75) is 18.2 Å². The molecule has 0 N–H and O–H groups in total. The van der Waals surface area contributed by atoms with Crippen molar-refractivity contribution in [2.24, 2.45) is 0 Å². The minimum absolute atomic E-state index is 0.0696. The van der Waals surface area contributed by atoms with Crippen LogP contribution in [-0.2, 0) is 0 Å². The van der Waals surface area contributed by atoms with Crippen LogP contribution in [0.1, 0.15) is 23.7 Å². The van der Waals surface area contributed by atoms with Gasteiger partial charge in [-0.15, -0.1) is 23.4 Å². The van der Waals surface area contributed by atoms with E-state index in [0.717, 1.165) is 18.5 Å². The quantitative estimate of drug-likeness (QED) is 0.583. The van der Waals surface area contributed by atoms with Gasteiger partial charge in [-0.25, -0.2) is 0 Å². The van der Waals surface area contributed by atoms with Crippen molar-refractivity contribution >= 4 is 29.3 Å². The molecule has 0 bridgehead atoms. The molecule has 0 radical (unpaired) electrons. The molecule has 0 heterocycles. The SMILES string of the molecule is CCCN(CCCl)C(=O)c1ccc(SC)cc1. The summed E-state index contributed by atoms with van der Waals surface area (Å²) in [6.07, 6.45) is 2.97. The highest BCUT2D eigenvalue weighted by Gasteiger charge is 2.13. The molecule has 0 saturated heterocycles. The van der Waals surface area contributed by atoms with E-state index >= 15 is 0 Å². The van der Waals surface area contributed by atoms with Crippen molar-refractivity contribution < 1.29 is 4.79 Å². The lowest BCUT2D eigenvalue weighted by Gasteiger charge is -2.21. The molecule has 0 aliphatic heterocycles.